The molecular formula is C14H17FN2O2. The van der Waals surface area contributed by atoms with Crippen molar-refractivity contribution in [2.24, 2.45) is 0 Å². The number of rotatable bonds is 5. The molecule has 2 heterocycles. The highest BCUT2D eigenvalue weighted by atomic mass is 19.1. The number of hydrogen-bond acceptors (Lipinski definition) is 2. The molecule has 0 saturated heterocycles. The maximum atomic E-state index is 14.2. The molecular weight excluding hydrogens is 247 g/mol. The summed E-state index contributed by atoms with van der Waals surface area (Å²) in [5, 5.41) is 2.78. The van der Waals surface area contributed by atoms with Gasteiger partial charge in [-0.05, 0) is 24.1 Å². The topological polar surface area (TPSA) is 42.7 Å². The van der Waals surface area contributed by atoms with Crippen LogP contribution in [0, 0.1) is 5.82 Å². The predicted octanol–water partition coefficient (Wildman–Crippen LogP) is 2.16. The predicted molar refractivity (Wildman–Crippen MR) is 70.9 cm³/mol. The highest BCUT2D eigenvalue weighted by molar-refractivity contribution is 5.75. The molecule has 0 atom stereocenters. The molecule has 0 radical (unpaired) electrons. The average molecular weight is 264 g/mol. The van der Waals surface area contributed by atoms with E-state index in [1.54, 1.807) is 29.8 Å². The molecule has 0 saturated carbocycles. The number of nitrogens with one attached hydrogen (secondary N) is 1. The molecule has 0 spiro atoms. The number of pyridine rings is 1. The molecule has 0 fully saturated rings. The Morgan fingerprint density at radius 1 is 1.42 bits per heavy atom. The van der Waals surface area contributed by atoms with Crippen molar-refractivity contribution in [3.8, 4) is 5.75 Å². The fraction of sp³-hybridized carbons (Fsp3) is 0.357. The molecule has 2 aromatic heterocycles. The fourth-order valence-electron chi connectivity index (χ4n) is 2.03. The van der Waals surface area contributed by atoms with Crippen molar-refractivity contribution < 1.29 is 13.9 Å². The quantitative estimate of drug-likeness (QED) is 0.899. The van der Waals surface area contributed by atoms with Crippen molar-refractivity contribution in [2.45, 2.75) is 19.8 Å². The lowest BCUT2D eigenvalue weighted by Gasteiger charge is -2.07. The lowest BCUT2D eigenvalue weighted by atomic mass is 10.2. The smallest absolute Gasteiger partial charge is 0.219 e. The van der Waals surface area contributed by atoms with E-state index in [2.05, 4.69) is 5.32 Å². The van der Waals surface area contributed by atoms with Gasteiger partial charge < -0.3 is 14.5 Å². The van der Waals surface area contributed by atoms with Crippen molar-refractivity contribution in [1.82, 2.24) is 9.72 Å². The number of aromatic nitrogens is 1. The van der Waals surface area contributed by atoms with E-state index in [9.17, 15) is 9.18 Å². The molecule has 0 unspecified atom stereocenters. The Balaban J connectivity index is 2.21. The first kappa shape index (κ1) is 13.4. The second-order valence-electron chi connectivity index (χ2n) is 4.25. The maximum Gasteiger partial charge on any atom is 0.219 e. The van der Waals surface area contributed by atoms with Gasteiger partial charge in [-0.2, -0.15) is 0 Å². The number of nitrogens with zero attached hydrogens (tertiary/aromatic N) is 1. The van der Waals surface area contributed by atoms with E-state index in [0.717, 1.165) is 5.56 Å². The minimum absolute atomic E-state index is 0.00145. The Labute approximate surface area is 111 Å². The van der Waals surface area contributed by atoms with Gasteiger partial charge in [0.2, 0.25) is 5.91 Å². The first-order chi connectivity index (χ1) is 9.17. The van der Waals surface area contributed by atoms with Crippen LogP contribution in [0.15, 0.2) is 24.5 Å². The molecule has 0 bridgehead atoms. The maximum absolute atomic E-state index is 14.2. The lowest BCUT2D eigenvalue weighted by molar-refractivity contribution is -0.120. The van der Waals surface area contributed by atoms with Crippen LogP contribution in [-0.2, 0) is 11.2 Å². The van der Waals surface area contributed by atoms with E-state index in [0.29, 0.717) is 24.9 Å². The van der Waals surface area contributed by atoms with Crippen molar-refractivity contribution in [3.63, 3.8) is 0 Å². The summed E-state index contributed by atoms with van der Waals surface area (Å²) in [6, 6.07) is 3.45. The molecule has 0 aliphatic heterocycles. The number of methoxy groups -OCH3 is 1. The minimum Gasteiger partial charge on any atom is -0.494 e. The monoisotopic (exact) mass is 264 g/mol. The molecule has 2 aromatic rings. The summed E-state index contributed by atoms with van der Waals surface area (Å²) in [5.74, 6) is -0.140. The summed E-state index contributed by atoms with van der Waals surface area (Å²) in [7, 11) is 1.44. The van der Waals surface area contributed by atoms with E-state index in [1.807, 2.05) is 6.07 Å². The lowest BCUT2D eigenvalue weighted by Crippen LogP contribution is -2.24. The fourth-order valence-corrected chi connectivity index (χ4v) is 2.03. The SMILES string of the molecule is CCC(=O)NCCc1ccn2ccc(OC)c(F)c12. The van der Waals surface area contributed by atoms with Crippen LogP contribution < -0.4 is 10.1 Å². The van der Waals surface area contributed by atoms with Gasteiger partial charge in [-0.25, -0.2) is 4.39 Å². The molecule has 2 rings (SSSR count). The van der Waals surface area contributed by atoms with Gasteiger partial charge >= 0.3 is 0 Å². The van der Waals surface area contributed by atoms with Crippen LogP contribution in [0.5, 0.6) is 5.75 Å². The van der Waals surface area contributed by atoms with E-state index in [-0.39, 0.29) is 17.5 Å². The Hall–Kier alpha value is -2.04. The van der Waals surface area contributed by atoms with Crippen molar-refractivity contribution >= 4 is 11.4 Å². The van der Waals surface area contributed by atoms with Crippen LogP contribution in [0.1, 0.15) is 18.9 Å². The molecule has 0 aliphatic rings. The summed E-state index contributed by atoms with van der Waals surface area (Å²) in [4.78, 5) is 11.2. The zero-order chi connectivity index (χ0) is 13.8. The van der Waals surface area contributed by atoms with Crippen LogP contribution >= 0.6 is 0 Å². The Morgan fingerprint density at radius 2 is 2.16 bits per heavy atom. The summed E-state index contributed by atoms with van der Waals surface area (Å²) < 4.78 is 20.9. The molecule has 0 aromatic carbocycles. The van der Waals surface area contributed by atoms with E-state index in [4.69, 9.17) is 4.74 Å². The van der Waals surface area contributed by atoms with Gasteiger partial charge in [-0.3, -0.25) is 4.79 Å². The van der Waals surface area contributed by atoms with Gasteiger partial charge in [0.15, 0.2) is 11.6 Å². The van der Waals surface area contributed by atoms with Crippen LogP contribution in [0.3, 0.4) is 0 Å². The van der Waals surface area contributed by atoms with E-state index in [1.165, 1.54) is 7.11 Å². The zero-order valence-corrected chi connectivity index (χ0v) is 11.1. The standard InChI is InChI=1S/C14H17FN2O2/c1-3-12(18)16-7-4-10-5-8-17-9-6-11(19-2)13(15)14(10)17/h5-6,8-9H,3-4,7H2,1-2H3,(H,16,18). The molecule has 1 N–H and O–H groups in total. The molecule has 4 nitrogen and oxygen atoms in total. The number of carbonyl (C=O) groups excluding carboxylic acids is 1. The van der Waals surface area contributed by atoms with Crippen LogP contribution in [0.4, 0.5) is 4.39 Å². The molecule has 1 amide bonds. The largest absolute Gasteiger partial charge is 0.494 e. The summed E-state index contributed by atoms with van der Waals surface area (Å²) in [6.45, 7) is 2.30. The summed E-state index contributed by atoms with van der Waals surface area (Å²) in [6.07, 6.45) is 4.60. The summed E-state index contributed by atoms with van der Waals surface area (Å²) in [5.41, 5.74) is 1.36. The second-order valence-corrected chi connectivity index (χ2v) is 4.25. The Kier molecular flexibility index (Phi) is 4.04. The number of carbonyl (C=O) groups is 1. The second kappa shape index (κ2) is 5.73. The number of halogens is 1. The highest BCUT2D eigenvalue weighted by Gasteiger charge is 2.12. The third-order valence-electron chi connectivity index (χ3n) is 3.07. The highest BCUT2D eigenvalue weighted by Crippen LogP contribution is 2.24. The zero-order valence-electron chi connectivity index (χ0n) is 11.1. The van der Waals surface area contributed by atoms with Gasteiger partial charge in [0.25, 0.3) is 0 Å². The normalized spacial score (nSPS) is 10.7. The number of fused-ring (bicyclic) bond motifs is 1. The number of hydrogen-bond donors (Lipinski definition) is 1. The molecule has 102 valence electrons. The number of ether oxygens (including phenoxy) is 1. The Morgan fingerprint density at radius 3 is 2.84 bits per heavy atom. The van der Waals surface area contributed by atoms with E-state index < -0.39 is 0 Å². The number of amides is 1. The molecule has 5 heteroatoms. The van der Waals surface area contributed by atoms with Crippen molar-refractivity contribution in [1.29, 1.82) is 0 Å². The van der Waals surface area contributed by atoms with Gasteiger partial charge in [0.1, 0.15) is 0 Å². The van der Waals surface area contributed by atoms with Gasteiger partial charge in [0.05, 0.1) is 12.6 Å². The van der Waals surface area contributed by atoms with Crippen LogP contribution in [-0.4, -0.2) is 24.0 Å². The van der Waals surface area contributed by atoms with Gasteiger partial charge in [-0.15, -0.1) is 0 Å². The molecule has 19 heavy (non-hydrogen) atoms. The average Bonchev–Trinajstić information content (AvgIpc) is 2.83. The minimum atomic E-state index is -0.369. The van der Waals surface area contributed by atoms with Crippen LogP contribution in [0.25, 0.3) is 5.52 Å². The van der Waals surface area contributed by atoms with E-state index >= 15 is 0 Å². The summed E-state index contributed by atoms with van der Waals surface area (Å²) >= 11 is 0. The van der Waals surface area contributed by atoms with Crippen molar-refractivity contribution in [3.05, 3.63) is 35.9 Å². The third kappa shape index (κ3) is 2.70. The first-order valence-electron chi connectivity index (χ1n) is 6.26. The third-order valence-corrected chi connectivity index (χ3v) is 3.07. The molecule has 0 aliphatic carbocycles. The van der Waals surface area contributed by atoms with Crippen LogP contribution in [0.2, 0.25) is 0 Å². The van der Waals surface area contributed by atoms with Gasteiger partial charge in [0, 0.05) is 25.4 Å². The Bertz CT molecular complexity index is 592. The first-order valence-corrected chi connectivity index (χ1v) is 6.26. The van der Waals surface area contributed by atoms with Gasteiger partial charge in [-0.1, -0.05) is 6.92 Å². The van der Waals surface area contributed by atoms with Crippen molar-refractivity contribution in [2.75, 3.05) is 13.7 Å².